The molecule has 1 saturated heterocycles. The third kappa shape index (κ3) is 3.70. The average molecular weight is 383 g/mol. The fourth-order valence-corrected chi connectivity index (χ4v) is 4.45. The van der Waals surface area contributed by atoms with Crippen molar-refractivity contribution in [3.05, 3.63) is 60.0 Å². The predicted molar refractivity (Wildman–Crippen MR) is 110 cm³/mol. The zero-order valence-electron chi connectivity index (χ0n) is 16.5. The first-order valence-electron chi connectivity index (χ1n) is 10.2. The van der Waals surface area contributed by atoms with E-state index in [0.29, 0.717) is 6.42 Å². The fraction of sp³-hybridized carbons (Fsp3) is 0.417. The highest BCUT2D eigenvalue weighted by Crippen LogP contribution is 2.38. The smallest absolute Gasteiger partial charge is 0.199 e. The van der Waals surface area contributed by atoms with Crippen molar-refractivity contribution in [2.75, 3.05) is 0 Å². The molecule has 0 bridgehead atoms. The van der Waals surface area contributed by atoms with Crippen LogP contribution >= 0.6 is 0 Å². The lowest BCUT2D eigenvalue weighted by molar-refractivity contribution is -0.119. The Hall–Kier alpha value is -2.20. The van der Waals surface area contributed by atoms with Crippen molar-refractivity contribution in [3.8, 4) is 11.1 Å². The third-order valence-electron chi connectivity index (χ3n) is 5.66. The first-order valence-corrected chi connectivity index (χ1v) is 10.2. The molecule has 2 atom stereocenters. The van der Waals surface area contributed by atoms with E-state index in [0.717, 1.165) is 36.8 Å². The number of para-hydroxylation sites is 1. The number of hydrogen-bond acceptors (Lipinski definition) is 1. The molecule has 0 radical (unpaired) electrons. The molecule has 0 saturated carbocycles. The zero-order valence-corrected chi connectivity index (χ0v) is 16.5. The molecule has 4 rings (SSSR count). The van der Waals surface area contributed by atoms with Crippen LogP contribution in [0, 0.1) is 5.82 Å². The zero-order chi connectivity index (χ0) is 19.7. The summed E-state index contributed by atoms with van der Waals surface area (Å²) in [4.78, 5) is 0. The van der Waals surface area contributed by atoms with Crippen LogP contribution < -0.4 is 0 Å². The highest BCUT2D eigenvalue weighted by molar-refractivity contribution is 5.98. The molecule has 1 aliphatic heterocycles. The van der Waals surface area contributed by atoms with E-state index in [4.69, 9.17) is 4.74 Å². The maximum Gasteiger partial charge on any atom is 0.199 e. The summed E-state index contributed by atoms with van der Waals surface area (Å²) in [7, 11) is 0. The summed E-state index contributed by atoms with van der Waals surface area (Å²) in [5.74, 6) is -0.234. The van der Waals surface area contributed by atoms with E-state index < -0.39 is 6.36 Å². The molecule has 4 heteroatoms. The van der Waals surface area contributed by atoms with Crippen LogP contribution in [0.1, 0.15) is 51.3 Å². The Morgan fingerprint density at radius 1 is 1.07 bits per heavy atom. The van der Waals surface area contributed by atoms with E-state index in [1.54, 1.807) is 0 Å². The lowest BCUT2D eigenvalue weighted by atomic mass is 9.97. The normalized spacial score (nSPS) is 20.2. The van der Waals surface area contributed by atoms with Crippen LogP contribution in [-0.4, -0.2) is 17.0 Å². The second-order valence-electron chi connectivity index (χ2n) is 7.95. The van der Waals surface area contributed by atoms with Crippen LogP contribution in [0.4, 0.5) is 8.78 Å². The lowest BCUT2D eigenvalue weighted by Crippen LogP contribution is -2.25. The standard InChI is InChI=1S/C24H27F2NO/c1-16(2)27-21-8-4-3-7-20(21)24(17-10-12-18(25)13-11-17)22(27)15-14-19-6-5-9-23(26)28-19/h3-4,7-8,10-13,16,19,23H,5-6,9,14-15H2,1-2H3. The largest absolute Gasteiger partial charge is 0.345 e. The molecule has 1 aliphatic rings. The van der Waals surface area contributed by atoms with Crippen LogP contribution in [0.15, 0.2) is 48.5 Å². The molecule has 2 aromatic carbocycles. The molecule has 1 fully saturated rings. The van der Waals surface area contributed by atoms with Crippen LogP contribution in [-0.2, 0) is 11.2 Å². The van der Waals surface area contributed by atoms with Gasteiger partial charge in [0.15, 0.2) is 6.36 Å². The van der Waals surface area contributed by atoms with Gasteiger partial charge in [-0.05, 0) is 63.3 Å². The number of ether oxygens (including phenoxy) is 1. The number of aromatic nitrogens is 1. The summed E-state index contributed by atoms with van der Waals surface area (Å²) in [6.45, 7) is 4.36. The van der Waals surface area contributed by atoms with Gasteiger partial charge in [-0.25, -0.2) is 8.78 Å². The Labute approximate surface area is 165 Å². The number of fused-ring (bicyclic) bond motifs is 1. The molecule has 0 spiro atoms. The summed E-state index contributed by atoms with van der Waals surface area (Å²) < 4.78 is 35.1. The number of halogens is 2. The van der Waals surface area contributed by atoms with Crippen molar-refractivity contribution >= 4 is 10.9 Å². The van der Waals surface area contributed by atoms with Crippen molar-refractivity contribution in [1.82, 2.24) is 4.57 Å². The molecule has 148 valence electrons. The van der Waals surface area contributed by atoms with E-state index in [1.807, 2.05) is 18.2 Å². The van der Waals surface area contributed by atoms with E-state index >= 15 is 0 Å². The van der Waals surface area contributed by atoms with E-state index in [-0.39, 0.29) is 18.0 Å². The summed E-state index contributed by atoms with van der Waals surface area (Å²) in [6, 6.07) is 15.4. The molecule has 0 amide bonds. The average Bonchev–Trinajstić information content (AvgIpc) is 3.01. The molecule has 0 aliphatic carbocycles. The minimum absolute atomic E-state index is 0.0385. The van der Waals surface area contributed by atoms with Crippen LogP contribution in [0.25, 0.3) is 22.0 Å². The van der Waals surface area contributed by atoms with Gasteiger partial charge < -0.3 is 9.30 Å². The Bertz CT molecular complexity index is 945. The number of rotatable bonds is 5. The number of alkyl halides is 1. The van der Waals surface area contributed by atoms with Gasteiger partial charge in [-0.3, -0.25) is 0 Å². The Morgan fingerprint density at radius 3 is 2.54 bits per heavy atom. The van der Waals surface area contributed by atoms with Gasteiger partial charge in [0.25, 0.3) is 0 Å². The SMILES string of the molecule is CC(C)n1c(CCC2CCCC(F)O2)c(-c2ccc(F)cc2)c2ccccc21. The quantitative estimate of drug-likeness (QED) is 0.471. The van der Waals surface area contributed by atoms with Crippen molar-refractivity contribution in [1.29, 1.82) is 0 Å². The molecule has 1 aromatic heterocycles. The van der Waals surface area contributed by atoms with E-state index in [1.165, 1.54) is 28.7 Å². The van der Waals surface area contributed by atoms with E-state index in [2.05, 4.69) is 36.6 Å². The van der Waals surface area contributed by atoms with Gasteiger partial charge in [-0.2, -0.15) is 0 Å². The van der Waals surface area contributed by atoms with Crippen LogP contribution in [0.2, 0.25) is 0 Å². The van der Waals surface area contributed by atoms with Gasteiger partial charge in [0.2, 0.25) is 0 Å². The van der Waals surface area contributed by atoms with Gasteiger partial charge >= 0.3 is 0 Å². The summed E-state index contributed by atoms with van der Waals surface area (Å²) in [5, 5.41) is 1.17. The minimum Gasteiger partial charge on any atom is -0.345 e. The van der Waals surface area contributed by atoms with Gasteiger partial charge in [0, 0.05) is 34.6 Å². The van der Waals surface area contributed by atoms with Crippen molar-refractivity contribution in [2.24, 2.45) is 0 Å². The van der Waals surface area contributed by atoms with Gasteiger partial charge in [0.1, 0.15) is 5.82 Å². The predicted octanol–water partition coefficient (Wildman–Crippen LogP) is 6.83. The maximum atomic E-state index is 13.7. The molecule has 0 N–H and O–H groups in total. The minimum atomic E-state index is -1.13. The molecule has 2 heterocycles. The first kappa shape index (κ1) is 19.1. The highest BCUT2D eigenvalue weighted by atomic mass is 19.1. The van der Waals surface area contributed by atoms with Crippen LogP contribution in [0.3, 0.4) is 0 Å². The van der Waals surface area contributed by atoms with Crippen LogP contribution in [0.5, 0.6) is 0 Å². The summed E-state index contributed by atoms with van der Waals surface area (Å²) in [5.41, 5.74) is 4.56. The topological polar surface area (TPSA) is 14.2 Å². The maximum absolute atomic E-state index is 13.7. The Kier molecular flexibility index (Phi) is 5.49. The number of hydrogen-bond donors (Lipinski definition) is 0. The number of nitrogens with zero attached hydrogens (tertiary/aromatic N) is 1. The third-order valence-corrected chi connectivity index (χ3v) is 5.66. The Morgan fingerprint density at radius 2 is 1.82 bits per heavy atom. The van der Waals surface area contributed by atoms with Gasteiger partial charge in [0.05, 0.1) is 6.10 Å². The van der Waals surface area contributed by atoms with Gasteiger partial charge in [-0.1, -0.05) is 30.3 Å². The molecule has 28 heavy (non-hydrogen) atoms. The van der Waals surface area contributed by atoms with Gasteiger partial charge in [-0.15, -0.1) is 0 Å². The second-order valence-corrected chi connectivity index (χ2v) is 7.95. The second kappa shape index (κ2) is 8.04. The molecule has 2 unspecified atom stereocenters. The first-order chi connectivity index (χ1) is 13.5. The van der Waals surface area contributed by atoms with E-state index in [9.17, 15) is 8.78 Å². The number of benzene rings is 2. The summed E-state index contributed by atoms with van der Waals surface area (Å²) in [6.07, 6.45) is 2.71. The molecule has 2 nitrogen and oxygen atoms in total. The molecular weight excluding hydrogens is 356 g/mol. The summed E-state index contributed by atoms with van der Waals surface area (Å²) >= 11 is 0. The molecule has 3 aromatic rings. The molecular formula is C24H27F2NO. The van der Waals surface area contributed by atoms with Crippen molar-refractivity contribution in [3.63, 3.8) is 0 Å². The van der Waals surface area contributed by atoms with Crippen molar-refractivity contribution < 1.29 is 13.5 Å². The highest BCUT2D eigenvalue weighted by Gasteiger charge is 2.24. The fourth-order valence-electron chi connectivity index (χ4n) is 4.45. The Balaban J connectivity index is 1.79. The lowest BCUT2D eigenvalue weighted by Gasteiger charge is -2.26. The monoisotopic (exact) mass is 383 g/mol. The van der Waals surface area contributed by atoms with Crippen molar-refractivity contribution in [2.45, 2.75) is 64.5 Å².